The fourth-order valence-corrected chi connectivity index (χ4v) is 2.52. The van der Waals surface area contributed by atoms with Crippen molar-refractivity contribution in [1.82, 2.24) is 5.16 Å². The molecule has 0 fully saturated rings. The maximum atomic E-state index is 12.5. The molecule has 0 N–H and O–H groups in total. The molecule has 0 bridgehead atoms. The molecule has 1 atom stereocenters. The molecule has 2 aromatic rings. The number of anilines is 1. The van der Waals surface area contributed by atoms with Crippen LogP contribution in [0.2, 0.25) is 0 Å². The number of nitrogens with zero attached hydrogens (tertiary/aromatic N) is 2. The highest BCUT2D eigenvalue weighted by Crippen LogP contribution is 2.28. The third-order valence-corrected chi connectivity index (χ3v) is 3.61. The lowest BCUT2D eigenvalue weighted by Gasteiger charge is -2.21. The largest absolute Gasteiger partial charge is 0.447 e. The van der Waals surface area contributed by atoms with Gasteiger partial charge in [-0.3, -0.25) is 4.79 Å². The molecule has 22 heavy (non-hydrogen) atoms. The Hall–Kier alpha value is -2.63. The number of amides is 1. The second-order valence-corrected chi connectivity index (χ2v) is 5.25. The van der Waals surface area contributed by atoms with Crippen LogP contribution in [0, 0.1) is 6.92 Å². The van der Waals surface area contributed by atoms with Gasteiger partial charge >= 0.3 is 5.97 Å². The van der Waals surface area contributed by atoms with Crippen molar-refractivity contribution in [3.63, 3.8) is 0 Å². The summed E-state index contributed by atoms with van der Waals surface area (Å²) in [6, 6.07) is 9.21. The molecule has 0 spiro atoms. The predicted molar refractivity (Wildman–Crippen MR) is 78.6 cm³/mol. The molecule has 6 heteroatoms. The van der Waals surface area contributed by atoms with Gasteiger partial charge in [0.1, 0.15) is 0 Å². The minimum Gasteiger partial charge on any atom is -0.447 e. The second kappa shape index (κ2) is 5.63. The molecule has 1 aliphatic heterocycles. The number of carbonyl (C=O) groups excluding carboxylic acids is 2. The number of rotatable bonds is 3. The monoisotopic (exact) mass is 300 g/mol. The van der Waals surface area contributed by atoms with Gasteiger partial charge in [-0.05, 0) is 31.9 Å². The molecule has 0 aliphatic carbocycles. The van der Waals surface area contributed by atoms with Crippen LogP contribution in [-0.2, 0) is 16.0 Å². The first-order valence-corrected chi connectivity index (χ1v) is 7.10. The zero-order chi connectivity index (χ0) is 15.7. The van der Waals surface area contributed by atoms with Gasteiger partial charge in [0, 0.05) is 18.3 Å². The van der Waals surface area contributed by atoms with E-state index in [1.807, 2.05) is 24.3 Å². The number of ether oxygens (including phenoxy) is 1. The Morgan fingerprint density at radius 2 is 2.14 bits per heavy atom. The number of para-hydroxylation sites is 1. The quantitative estimate of drug-likeness (QED) is 0.812. The van der Waals surface area contributed by atoms with Gasteiger partial charge in [-0.25, -0.2) is 4.79 Å². The zero-order valence-electron chi connectivity index (χ0n) is 12.4. The van der Waals surface area contributed by atoms with Crippen LogP contribution in [-0.4, -0.2) is 29.7 Å². The molecule has 0 radical (unpaired) electrons. The number of esters is 1. The van der Waals surface area contributed by atoms with Crippen molar-refractivity contribution in [3.05, 3.63) is 47.3 Å². The number of carbonyl (C=O) groups is 2. The maximum Gasteiger partial charge on any atom is 0.377 e. The summed E-state index contributed by atoms with van der Waals surface area (Å²) in [6.07, 6.45) is -0.0757. The third kappa shape index (κ3) is 2.59. The van der Waals surface area contributed by atoms with E-state index in [0.29, 0.717) is 12.2 Å². The first kappa shape index (κ1) is 14.3. The Kier molecular flexibility index (Phi) is 3.66. The number of aromatic nitrogens is 1. The van der Waals surface area contributed by atoms with Crippen molar-refractivity contribution < 1.29 is 18.8 Å². The van der Waals surface area contributed by atoms with E-state index in [-0.39, 0.29) is 11.7 Å². The van der Waals surface area contributed by atoms with Gasteiger partial charge in [-0.1, -0.05) is 23.4 Å². The summed E-state index contributed by atoms with van der Waals surface area (Å²) in [5.41, 5.74) is 2.59. The maximum absolute atomic E-state index is 12.5. The molecule has 0 saturated heterocycles. The Labute approximate surface area is 127 Å². The predicted octanol–water partition coefficient (Wildman–Crippen LogP) is 2.12. The number of hydrogen-bond donors (Lipinski definition) is 0. The highest BCUT2D eigenvalue weighted by molar-refractivity contribution is 6.00. The molecular formula is C16H16N2O4. The van der Waals surface area contributed by atoms with Crippen LogP contribution in [0.1, 0.15) is 28.7 Å². The van der Waals surface area contributed by atoms with Crippen molar-refractivity contribution in [2.45, 2.75) is 26.4 Å². The minimum absolute atomic E-state index is 0.000952. The van der Waals surface area contributed by atoms with Crippen molar-refractivity contribution in [2.24, 2.45) is 0 Å². The zero-order valence-corrected chi connectivity index (χ0v) is 12.4. The van der Waals surface area contributed by atoms with Gasteiger partial charge in [-0.2, -0.15) is 0 Å². The normalized spacial score (nSPS) is 14.5. The summed E-state index contributed by atoms with van der Waals surface area (Å²) in [6.45, 7) is 3.86. The van der Waals surface area contributed by atoms with Crippen LogP contribution in [0.3, 0.4) is 0 Å². The van der Waals surface area contributed by atoms with Crippen LogP contribution in [0.5, 0.6) is 0 Å². The van der Waals surface area contributed by atoms with E-state index in [1.165, 1.54) is 6.07 Å². The molecule has 1 aromatic heterocycles. The number of aryl methyl sites for hydroxylation is 1. The summed E-state index contributed by atoms with van der Waals surface area (Å²) in [7, 11) is 0. The molecule has 1 aliphatic rings. The third-order valence-electron chi connectivity index (χ3n) is 3.61. The van der Waals surface area contributed by atoms with Gasteiger partial charge in [-0.15, -0.1) is 0 Å². The first-order chi connectivity index (χ1) is 10.6. The lowest BCUT2D eigenvalue weighted by molar-refractivity contribution is -0.126. The van der Waals surface area contributed by atoms with Crippen LogP contribution in [0.15, 0.2) is 34.9 Å². The van der Waals surface area contributed by atoms with Crippen molar-refractivity contribution in [1.29, 1.82) is 0 Å². The summed E-state index contributed by atoms with van der Waals surface area (Å²) in [5, 5.41) is 3.63. The van der Waals surface area contributed by atoms with Crippen molar-refractivity contribution in [2.75, 3.05) is 11.4 Å². The lowest BCUT2D eigenvalue weighted by Crippen LogP contribution is -2.39. The van der Waals surface area contributed by atoms with E-state index in [9.17, 15) is 9.59 Å². The molecular weight excluding hydrogens is 284 g/mol. The highest BCUT2D eigenvalue weighted by atomic mass is 16.6. The first-order valence-electron chi connectivity index (χ1n) is 7.10. The highest BCUT2D eigenvalue weighted by Gasteiger charge is 2.30. The Morgan fingerprint density at radius 3 is 2.86 bits per heavy atom. The molecule has 0 unspecified atom stereocenters. The summed E-state index contributed by atoms with van der Waals surface area (Å²) in [4.78, 5) is 26.0. The smallest absolute Gasteiger partial charge is 0.377 e. The molecule has 1 amide bonds. The minimum atomic E-state index is -0.885. The molecule has 0 saturated carbocycles. The van der Waals surface area contributed by atoms with E-state index < -0.39 is 12.1 Å². The number of hydrogen-bond acceptors (Lipinski definition) is 5. The number of fused-ring (bicyclic) bond motifs is 1. The van der Waals surface area contributed by atoms with Gasteiger partial charge in [0.05, 0.1) is 5.69 Å². The lowest BCUT2D eigenvalue weighted by atomic mass is 10.2. The molecule has 114 valence electrons. The standard InChI is InChI=1S/C16H16N2O4/c1-10-9-14(22-17-10)16(20)21-11(2)15(19)18-8-7-12-5-3-4-6-13(12)18/h3-6,9,11H,7-8H2,1-2H3/t11-/m1/s1. The second-order valence-electron chi connectivity index (χ2n) is 5.25. The van der Waals surface area contributed by atoms with Gasteiger partial charge < -0.3 is 14.2 Å². The average Bonchev–Trinajstić information content (AvgIpc) is 3.12. The average molecular weight is 300 g/mol. The van der Waals surface area contributed by atoms with Crippen LogP contribution in [0.25, 0.3) is 0 Å². The summed E-state index contributed by atoms with van der Waals surface area (Å²) < 4.78 is 10.0. The van der Waals surface area contributed by atoms with Crippen LogP contribution in [0.4, 0.5) is 5.69 Å². The fourth-order valence-electron chi connectivity index (χ4n) is 2.52. The Balaban J connectivity index is 1.69. The molecule has 3 rings (SSSR count). The Bertz CT molecular complexity index is 722. The van der Waals surface area contributed by atoms with Crippen molar-refractivity contribution in [3.8, 4) is 0 Å². The van der Waals surface area contributed by atoms with Crippen LogP contribution < -0.4 is 4.90 Å². The summed E-state index contributed by atoms with van der Waals surface area (Å²) in [5.74, 6) is -0.928. The molecule has 2 heterocycles. The molecule has 6 nitrogen and oxygen atoms in total. The van der Waals surface area contributed by atoms with Gasteiger partial charge in [0.15, 0.2) is 6.10 Å². The van der Waals surface area contributed by atoms with Gasteiger partial charge in [0.2, 0.25) is 5.76 Å². The van der Waals surface area contributed by atoms with Gasteiger partial charge in [0.25, 0.3) is 5.91 Å². The van der Waals surface area contributed by atoms with Crippen LogP contribution >= 0.6 is 0 Å². The van der Waals surface area contributed by atoms with E-state index in [1.54, 1.807) is 18.7 Å². The van der Waals surface area contributed by atoms with E-state index >= 15 is 0 Å². The topological polar surface area (TPSA) is 72.6 Å². The van der Waals surface area contributed by atoms with E-state index in [4.69, 9.17) is 9.26 Å². The SMILES string of the molecule is Cc1cc(C(=O)O[C@H](C)C(=O)N2CCc3ccccc32)on1. The molecule has 1 aromatic carbocycles. The van der Waals surface area contributed by atoms with E-state index in [2.05, 4.69) is 5.16 Å². The number of benzene rings is 1. The fraction of sp³-hybridized carbons (Fsp3) is 0.312. The summed E-state index contributed by atoms with van der Waals surface area (Å²) >= 11 is 0. The van der Waals surface area contributed by atoms with E-state index in [0.717, 1.165) is 17.7 Å². The van der Waals surface area contributed by atoms with Crippen molar-refractivity contribution >= 4 is 17.6 Å². The Morgan fingerprint density at radius 1 is 1.36 bits per heavy atom.